The summed E-state index contributed by atoms with van der Waals surface area (Å²) in [6.07, 6.45) is 1.06. The van der Waals surface area contributed by atoms with Gasteiger partial charge in [0.05, 0.1) is 13.2 Å². The average molecular weight is 249 g/mol. The molecule has 0 aromatic heterocycles. The Morgan fingerprint density at radius 3 is 2.67 bits per heavy atom. The smallest absolute Gasteiger partial charge is 0.253 e. The molecule has 1 N–H and O–H groups in total. The van der Waals surface area contributed by atoms with Gasteiger partial charge in [-0.1, -0.05) is 6.07 Å². The summed E-state index contributed by atoms with van der Waals surface area (Å²) >= 11 is 0. The third kappa shape index (κ3) is 2.64. The van der Waals surface area contributed by atoms with Gasteiger partial charge in [-0.25, -0.2) is 0 Å². The van der Waals surface area contributed by atoms with Gasteiger partial charge in [-0.2, -0.15) is 0 Å². The monoisotopic (exact) mass is 249 g/mol. The van der Waals surface area contributed by atoms with Crippen molar-refractivity contribution in [1.29, 1.82) is 0 Å². The fraction of sp³-hybridized carbons (Fsp3) is 0.500. The van der Waals surface area contributed by atoms with Gasteiger partial charge in [-0.15, -0.1) is 0 Å². The van der Waals surface area contributed by atoms with Crippen molar-refractivity contribution in [3.8, 4) is 5.75 Å². The molecule has 1 aliphatic rings. The third-order valence-corrected chi connectivity index (χ3v) is 3.41. The second-order valence-electron chi connectivity index (χ2n) is 4.71. The molecule has 0 aliphatic carbocycles. The number of nitrogens with zero attached hydrogens (tertiary/aromatic N) is 1. The SMILES string of the molecule is COc1cc(C(=O)N2CCC(O)CC2)ccc1C. The minimum absolute atomic E-state index is 0.0141. The Hall–Kier alpha value is -1.55. The summed E-state index contributed by atoms with van der Waals surface area (Å²) in [5.41, 5.74) is 1.66. The lowest BCUT2D eigenvalue weighted by molar-refractivity contribution is 0.0546. The van der Waals surface area contributed by atoms with Crippen molar-refractivity contribution < 1.29 is 14.6 Å². The fourth-order valence-electron chi connectivity index (χ4n) is 2.20. The Morgan fingerprint density at radius 1 is 1.39 bits per heavy atom. The van der Waals surface area contributed by atoms with Gasteiger partial charge in [-0.3, -0.25) is 4.79 Å². The second-order valence-corrected chi connectivity index (χ2v) is 4.71. The van der Waals surface area contributed by atoms with E-state index in [-0.39, 0.29) is 12.0 Å². The summed E-state index contributed by atoms with van der Waals surface area (Å²) in [5, 5.41) is 9.44. The molecule has 1 aromatic carbocycles. The van der Waals surface area contributed by atoms with E-state index in [1.807, 2.05) is 19.1 Å². The van der Waals surface area contributed by atoms with Crippen molar-refractivity contribution in [2.75, 3.05) is 20.2 Å². The molecule has 0 atom stereocenters. The van der Waals surface area contributed by atoms with E-state index in [4.69, 9.17) is 4.74 Å². The van der Waals surface area contributed by atoms with Gasteiger partial charge in [0.1, 0.15) is 5.75 Å². The zero-order valence-corrected chi connectivity index (χ0v) is 10.8. The number of hydrogen-bond donors (Lipinski definition) is 1. The predicted octanol–water partition coefficient (Wildman–Crippen LogP) is 1.60. The summed E-state index contributed by atoms with van der Waals surface area (Å²) in [7, 11) is 1.61. The number of aryl methyl sites for hydroxylation is 1. The van der Waals surface area contributed by atoms with E-state index in [1.165, 1.54) is 0 Å². The molecule has 0 unspecified atom stereocenters. The van der Waals surface area contributed by atoms with E-state index in [9.17, 15) is 9.90 Å². The minimum Gasteiger partial charge on any atom is -0.496 e. The molecule has 4 nitrogen and oxygen atoms in total. The number of aliphatic hydroxyl groups excluding tert-OH is 1. The Labute approximate surface area is 107 Å². The number of benzene rings is 1. The van der Waals surface area contributed by atoms with Crippen LogP contribution in [0.15, 0.2) is 18.2 Å². The molecule has 1 fully saturated rings. The summed E-state index contributed by atoms with van der Waals surface area (Å²) in [6.45, 7) is 3.19. The van der Waals surface area contributed by atoms with E-state index in [2.05, 4.69) is 0 Å². The van der Waals surface area contributed by atoms with Gasteiger partial charge in [-0.05, 0) is 37.5 Å². The minimum atomic E-state index is -0.262. The molecular formula is C14H19NO3. The lowest BCUT2D eigenvalue weighted by Gasteiger charge is -2.29. The van der Waals surface area contributed by atoms with Gasteiger partial charge in [0.15, 0.2) is 0 Å². The third-order valence-electron chi connectivity index (χ3n) is 3.41. The van der Waals surface area contributed by atoms with Crippen LogP contribution in [-0.4, -0.2) is 42.2 Å². The van der Waals surface area contributed by atoms with Gasteiger partial charge >= 0.3 is 0 Å². The van der Waals surface area contributed by atoms with Crippen molar-refractivity contribution in [1.82, 2.24) is 4.90 Å². The largest absolute Gasteiger partial charge is 0.496 e. The van der Waals surface area contributed by atoms with Crippen LogP contribution in [0, 0.1) is 6.92 Å². The van der Waals surface area contributed by atoms with Gasteiger partial charge < -0.3 is 14.7 Å². The van der Waals surface area contributed by atoms with E-state index in [1.54, 1.807) is 18.1 Å². The van der Waals surface area contributed by atoms with Crippen LogP contribution in [-0.2, 0) is 0 Å². The Bertz CT molecular complexity index is 437. The van der Waals surface area contributed by atoms with Crippen LogP contribution in [0.2, 0.25) is 0 Å². The van der Waals surface area contributed by atoms with E-state index in [0.717, 1.165) is 11.3 Å². The zero-order valence-electron chi connectivity index (χ0n) is 10.8. The molecule has 2 rings (SSSR count). The lowest BCUT2D eigenvalue weighted by atomic mass is 10.1. The molecular weight excluding hydrogens is 230 g/mol. The molecule has 0 bridgehead atoms. The van der Waals surface area contributed by atoms with E-state index in [0.29, 0.717) is 31.5 Å². The summed E-state index contributed by atoms with van der Waals surface area (Å²) in [5.74, 6) is 0.748. The maximum atomic E-state index is 12.3. The number of methoxy groups -OCH3 is 1. The van der Waals surface area contributed by atoms with Crippen molar-refractivity contribution >= 4 is 5.91 Å². The summed E-state index contributed by atoms with van der Waals surface area (Å²) < 4.78 is 5.23. The first kappa shape index (κ1) is 12.9. The molecule has 18 heavy (non-hydrogen) atoms. The molecule has 1 saturated heterocycles. The zero-order chi connectivity index (χ0) is 13.1. The van der Waals surface area contributed by atoms with Crippen LogP contribution in [0.25, 0.3) is 0 Å². The highest BCUT2D eigenvalue weighted by molar-refractivity contribution is 5.94. The summed E-state index contributed by atoms with van der Waals surface area (Å²) in [4.78, 5) is 14.1. The maximum Gasteiger partial charge on any atom is 0.253 e. The molecule has 0 spiro atoms. The number of rotatable bonds is 2. The number of ether oxygens (including phenoxy) is 1. The molecule has 0 radical (unpaired) electrons. The number of carbonyl (C=O) groups is 1. The number of likely N-dealkylation sites (tertiary alicyclic amines) is 1. The Kier molecular flexibility index (Phi) is 3.87. The number of amides is 1. The number of piperidine rings is 1. The Balaban J connectivity index is 2.13. The highest BCUT2D eigenvalue weighted by Crippen LogP contribution is 2.21. The number of aliphatic hydroxyl groups is 1. The van der Waals surface area contributed by atoms with Crippen molar-refractivity contribution in [3.63, 3.8) is 0 Å². The molecule has 0 saturated carbocycles. The first-order chi connectivity index (χ1) is 8.61. The number of carbonyl (C=O) groups excluding carboxylic acids is 1. The molecule has 1 aromatic rings. The molecule has 1 aliphatic heterocycles. The van der Waals surface area contributed by atoms with Crippen molar-refractivity contribution in [2.24, 2.45) is 0 Å². The molecule has 1 heterocycles. The number of hydrogen-bond acceptors (Lipinski definition) is 3. The van der Waals surface area contributed by atoms with Crippen LogP contribution in [0.1, 0.15) is 28.8 Å². The first-order valence-corrected chi connectivity index (χ1v) is 6.24. The molecule has 98 valence electrons. The van der Waals surface area contributed by atoms with Crippen LogP contribution in [0.3, 0.4) is 0 Å². The maximum absolute atomic E-state index is 12.3. The van der Waals surface area contributed by atoms with E-state index >= 15 is 0 Å². The lowest BCUT2D eigenvalue weighted by Crippen LogP contribution is -2.40. The molecule has 1 amide bonds. The topological polar surface area (TPSA) is 49.8 Å². The summed E-state index contributed by atoms with van der Waals surface area (Å²) in [6, 6.07) is 5.50. The average Bonchev–Trinajstić information content (AvgIpc) is 2.39. The quantitative estimate of drug-likeness (QED) is 0.866. The van der Waals surface area contributed by atoms with Gasteiger partial charge in [0.2, 0.25) is 0 Å². The highest BCUT2D eigenvalue weighted by atomic mass is 16.5. The highest BCUT2D eigenvalue weighted by Gasteiger charge is 2.22. The fourth-order valence-corrected chi connectivity index (χ4v) is 2.20. The van der Waals surface area contributed by atoms with Gasteiger partial charge in [0, 0.05) is 18.7 Å². The standard InChI is InChI=1S/C14H19NO3/c1-10-3-4-11(9-13(10)18-2)14(17)15-7-5-12(16)6-8-15/h3-4,9,12,16H,5-8H2,1-2H3. The van der Waals surface area contributed by atoms with Crippen LogP contribution in [0.4, 0.5) is 0 Å². The Morgan fingerprint density at radius 2 is 2.06 bits per heavy atom. The molecule has 4 heteroatoms. The normalized spacial score (nSPS) is 16.7. The predicted molar refractivity (Wildman–Crippen MR) is 68.9 cm³/mol. The van der Waals surface area contributed by atoms with Crippen LogP contribution in [0.5, 0.6) is 5.75 Å². The van der Waals surface area contributed by atoms with Crippen molar-refractivity contribution in [2.45, 2.75) is 25.9 Å². The van der Waals surface area contributed by atoms with Crippen LogP contribution < -0.4 is 4.74 Å². The first-order valence-electron chi connectivity index (χ1n) is 6.24. The second kappa shape index (κ2) is 5.40. The van der Waals surface area contributed by atoms with Crippen LogP contribution >= 0.6 is 0 Å². The van der Waals surface area contributed by atoms with Crippen molar-refractivity contribution in [3.05, 3.63) is 29.3 Å². The van der Waals surface area contributed by atoms with E-state index < -0.39 is 0 Å². The van der Waals surface area contributed by atoms with Gasteiger partial charge in [0.25, 0.3) is 5.91 Å².